The summed E-state index contributed by atoms with van der Waals surface area (Å²) in [7, 11) is 0. The van der Waals surface area contributed by atoms with Gasteiger partial charge in [-0.2, -0.15) is 0 Å². The molecule has 5 heteroatoms. The summed E-state index contributed by atoms with van der Waals surface area (Å²) in [4.78, 5) is 12.6. The zero-order chi connectivity index (χ0) is 15.8. The van der Waals surface area contributed by atoms with E-state index in [1.165, 1.54) is 18.2 Å². The van der Waals surface area contributed by atoms with Gasteiger partial charge in [-0.25, -0.2) is 4.39 Å². The molecule has 1 amide bonds. The van der Waals surface area contributed by atoms with Gasteiger partial charge < -0.3 is 11.1 Å². The van der Waals surface area contributed by atoms with E-state index in [0.29, 0.717) is 5.69 Å². The largest absolute Gasteiger partial charge is 0.327 e. The van der Waals surface area contributed by atoms with Gasteiger partial charge in [-0.3, -0.25) is 4.79 Å². The summed E-state index contributed by atoms with van der Waals surface area (Å²) < 4.78 is 13.0. The highest BCUT2D eigenvalue weighted by Gasteiger charge is 2.45. The van der Waals surface area contributed by atoms with Crippen LogP contribution in [0.1, 0.15) is 33.6 Å². The Balaban J connectivity index is 2.16. The molecule has 0 spiro atoms. The Labute approximate surface area is 130 Å². The second-order valence-electron chi connectivity index (χ2n) is 6.52. The molecule has 0 heterocycles. The summed E-state index contributed by atoms with van der Waals surface area (Å²) in [5.74, 6) is -0.373. The number of hydrogen-bond acceptors (Lipinski definition) is 2. The molecule has 1 aromatic rings. The van der Waals surface area contributed by atoms with Crippen LogP contribution in [0.3, 0.4) is 0 Å². The predicted molar refractivity (Wildman–Crippen MR) is 83.7 cm³/mol. The van der Waals surface area contributed by atoms with Crippen molar-refractivity contribution >= 4 is 23.2 Å². The number of carbonyl (C=O) groups is 1. The van der Waals surface area contributed by atoms with Gasteiger partial charge in [0.25, 0.3) is 0 Å². The summed E-state index contributed by atoms with van der Waals surface area (Å²) in [5.41, 5.74) is 6.37. The molecule has 1 aliphatic carbocycles. The summed E-state index contributed by atoms with van der Waals surface area (Å²) >= 11 is 5.96. The Bertz CT molecular complexity index is 547. The van der Waals surface area contributed by atoms with Gasteiger partial charge in [0.2, 0.25) is 5.91 Å². The average molecular weight is 313 g/mol. The first-order valence-electron chi connectivity index (χ1n) is 7.25. The second-order valence-corrected chi connectivity index (χ2v) is 6.92. The van der Waals surface area contributed by atoms with Gasteiger partial charge >= 0.3 is 0 Å². The van der Waals surface area contributed by atoms with E-state index in [4.69, 9.17) is 17.3 Å². The van der Waals surface area contributed by atoms with Crippen LogP contribution in [-0.4, -0.2) is 11.9 Å². The third-order valence-corrected chi connectivity index (χ3v) is 5.32. The van der Waals surface area contributed by atoms with Crippen LogP contribution in [0.4, 0.5) is 10.1 Å². The summed E-state index contributed by atoms with van der Waals surface area (Å²) in [5, 5.41) is 3.03. The number of carbonyl (C=O) groups excluding carboxylic acids is 1. The maximum atomic E-state index is 13.0. The Morgan fingerprint density at radius 2 is 2.10 bits per heavy atom. The highest BCUT2D eigenvalue weighted by Crippen LogP contribution is 2.44. The van der Waals surface area contributed by atoms with Gasteiger partial charge in [0.15, 0.2) is 0 Å². The number of halogens is 2. The standard InChI is InChI=1S/C16H22ClFN2O/c1-9-13(19)6-5-11(16(9,2)3)15(21)20-14-7-4-10(18)8-12(14)17/h4,7-9,11,13H,5-6,19H2,1-3H3,(H,20,21). The molecule has 3 unspecified atom stereocenters. The minimum absolute atomic E-state index is 0.0766. The first-order valence-corrected chi connectivity index (χ1v) is 7.62. The van der Waals surface area contributed by atoms with Crippen molar-refractivity contribution < 1.29 is 9.18 Å². The minimum atomic E-state index is -0.421. The molecule has 0 bridgehead atoms. The Hall–Kier alpha value is -1.13. The molecule has 0 aliphatic heterocycles. The summed E-state index contributed by atoms with van der Waals surface area (Å²) in [6.07, 6.45) is 1.59. The van der Waals surface area contributed by atoms with E-state index in [1.807, 2.05) is 0 Å². The van der Waals surface area contributed by atoms with Crippen molar-refractivity contribution in [2.24, 2.45) is 23.0 Å². The van der Waals surface area contributed by atoms with Crippen LogP contribution in [0.25, 0.3) is 0 Å². The van der Waals surface area contributed by atoms with Crippen molar-refractivity contribution in [3.05, 3.63) is 29.0 Å². The Morgan fingerprint density at radius 1 is 1.43 bits per heavy atom. The van der Waals surface area contributed by atoms with Crippen LogP contribution in [0.2, 0.25) is 5.02 Å². The fourth-order valence-electron chi connectivity index (χ4n) is 3.13. The molecule has 0 radical (unpaired) electrons. The smallest absolute Gasteiger partial charge is 0.228 e. The lowest BCUT2D eigenvalue weighted by molar-refractivity contribution is -0.127. The maximum Gasteiger partial charge on any atom is 0.228 e. The van der Waals surface area contributed by atoms with Crippen LogP contribution in [-0.2, 0) is 4.79 Å². The van der Waals surface area contributed by atoms with Gasteiger partial charge in [0, 0.05) is 12.0 Å². The topological polar surface area (TPSA) is 55.1 Å². The lowest BCUT2D eigenvalue weighted by atomic mass is 9.61. The lowest BCUT2D eigenvalue weighted by Gasteiger charge is -2.46. The zero-order valence-corrected chi connectivity index (χ0v) is 13.4. The van der Waals surface area contributed by atoms with Gasteiger partial charge in [0.05, 0.1) is 10.7 Å². The van der Waals surface area contributed by atoms with E-state index in [9.17, 15) is 9.18 Å². The van der Waals surface area contributed by atoms with Crippen molar-refractivity contribution in [2.45, 2.75) is 39.7 Å². The first-order chi connectivity index (χ1) is 9.73. The number of rotatable bonds is 2. The van der Waals surface area contributed by atoms with Crippen molar-refractivity contribution in [1.29, 1.82) is 0 Å². The van der Waals surface area contributed by atoms with Crippen molar-refractivity contribution in [1.82, 2.24) is 0 Å². The molecule has 0 saturated heterocycles. The Kier molecular flexibility index (Phi) is 4.59. The fourth-order valence-corrected chi connectivity index (χ4v) is 3.34. The SMILES string of the molecule is CC1C(N)CCC(C(=O)Nc2ccc(F)cc2Cl)C1(C)C. The van der Waals surface area contributed by atoms with Crippen LogP contribution in [0.15, 0.2) is 18.2 Å². The molecule has 1 aromatic carbocycles. The number of hydrogen-bond donors (Lipinski definition) is 2. The van der Waals surface area contributed by atoms with Crippen LogP contribution in [0, 0.1) is 23.1 Å². The summed E-state index contributed by atoms with van der Waals surface area (Å²) in [6.45, 7) is 6.25. The van der Waals surface area contributed by atoms with Gasteiger partial charge in [0.1, 0.15) is 5.82 Å². The molecule has 116 valence electrons. The van der Waals surface area contributed by atoms with E-state index in [-0.39, 0.29) is 34.2 Å². The predicted octanol–water partition coefficient (Wildman–Crippen LogP) is 3.82. The minimum Gasteiger partial charge on any atom is -0.327 e. The fraction of sp³-hybridized carbons (Fsp3) is 0.562. The van der Waals surface area contributed by atoms with Crippen molar-refractivity contribution in [3.63, 3.8) is 0 Å². The molecule has 0 aromatic heterocycles. The van der Waals surface area contributed by atoms with E-state index in [2.05, 4.69) is 26.1 Å². The molecule has 1 aliphatic rings. The molecule has 3 nitrogen and oxygen atoms in total. The number of benzene rings is 1. The van der Waals surface area contributed by atoms with Crippen molar-refractivity contribution in [2.75, 3.05) is 5.32 Å². The summed E-state index contributed by atoms with van der Waals surface area (Å²) in [6, 6.07) is 4.09. The molecule has 3 N–H and O–H groups in total. The van der Waals surface area contributed by atoms with E-state index >= 15 is 0 Å². The van der Waals surface area contributed by atoms with Gasteiger partial charge in [-0.05, 0) is 42.4 Å². The third-order valence-electron chi connectivity index (χ3n) is 5.01. The monoisotopic (exact) mass is 312 g/mol. The molecular weight excluding hydrogens is 291 g/mol. The number of nitrogens with one attached hydrogen (secondary N) is 1. The van der Waals surface area contributed by atoms with E-state index < -0.39 is 5.82 Å². The van der Waals surface area contributed by atoms with Crippen LogP contribution in [0.5, 0.6) is 0 Å². The van der Waals surface area contributed by atoms with E-state index in [1.54, 1.807) is 0 Å². The third kappa shape index (κ3) is 3.22. The van der Waals surface area contributed by atoms with Gasteiger partial charge in [-0.15, -0.1) is 0 Å². The molecule has 21 heavy (non-hydrogen) atoms. The quantitative estimate of drug-likeness (QED) is 0.872. The van der Waals surface area contributed by atoms with Crippen LogP contribution >= 0.6 is 11.6 Å². The zero-order valence-electron chi connectivity index (χ0n) is 12.6. The average Bonchev–Trinajstić information content (AvgIpc) is 2.39. The molecule has 2 rings (SSSR count). The van der Waals surface area contributed by atoms with Crippen LogP contribution < -0.4 is 11.1 Å². The lowest BCUT2D eigenvalue weighted by Crippen LogP contribution is -2.50. The van der Waals surface area contributed by atoms with Gasteiger partial charge in [-0.1, -0.05) is 32.4 Å². The highest BCUT2D eigenvalue weighted by atomic mass is 35.5. The first kappa shape index (κ1) is 16.2. The van der Waals surface area contributed by atoms with E-state index in [0.717, 1.165) is 12.8 Å². The molecule has 1 fully saturated rings. The maximum absolute atomic E-state index is 13.0. The molecule has 3 atom stereocenters. The highest BCUT2D eigenvalue weighted by molar-refractivity contribution is 6.33. The van der Waals surface area contributed by atoms with Crippen molar-refractivity contribution in [3.8, 4) is 0 Å². The normalized spacial score (nSPS) is 28.2. The Morgan fingerprint density at radius 3 is 2.71 bits per heavy atom. The molecule has 1 saturated carbocycles. The second kappa shape index (κ2) is 5.93. The number of nitrogens with two attached hydrogens (primary N) is 1. The number of amides is 1. The number of anilines is 1. The molecular formula is C16H22ClFN2O.